The van der Waals surface area contributed by atoms with Gasteiger partial charge in [0, 0.05) is 51.7 Å². The van der Waals surface area contributed by atoms with Crippen molar-refractivity contribution in [3.05, 3.63) is 75.7 Å². The molecule has 6 heteroatoms. The molecule has 1 aliphatic rings. The fraction of sp³-hybridized carbons (Fsp3) is 0.208. The first kappa shape index (κ1) is 18.4. The predicted molar refractivity (Wildman–Crippen MR) is 117 cm³/mol. The van der Waals surface area contributed by atoms with Crippen molar-refractivity contribution in [2.45, 2.75) is 32.7 Å². The van der Waals surface area contributed by atoms with Crippen LogP contribution in [-0.4, -0.2) is 21.2 Å². The van der Waals surface area contributed by atoms with Crippen molar-refractivity contribution in [3.63, 3.8) is 0 Å². The Kier molecular flexibility index (Phi) is 4.28. The molecule has 0 radical (unpaired) electrons. The first-order chi connectivity index (χ1) is 14.6. The smallest absolute Gasteiger partial charge is 0.261 e. The summed E-state index contributed by atoms with van der Waals surface area (Å²) < 4.78 is 2.23. The van der Waals surface area contributed by atoms with E-state index in [4.69, 9.17) is 0 Å². The number of aryl methyl sites for hydroxylation is 2. The van der Waals surface area contributed by atoms with Gasteiger partial charge in [-0.2, -0.15) is 0 Å². The van der Waals surface area contributed by atoms with Crippen molar-refractivity contribution in [1.82, 2.24) is 9.55 Å². The number of benzene rings is 2. The van der Waals surface area contributed by atoms with Gasteiger partial charge in [0.05, 0.1) is 0 Å². The highest BCUT2D eigenvalue weighted by Gasteiger charge is 2.22. The number of fused-ring (bicyclic) bond motifs is 4. The van der Waals surface area contributed by atoms with Crippen LogP contribution in [0.2, 0.25) is 0 Å². The van der Waals surface area contributed by atoms with Gasteiger partial charge in [0.15, 0.2) is 5.78 Å². The number of carbonyl (C=O) groups is 2. The van der Waals surface area contributed by atoms with Crippen LogP contribution in [0.4, 0.5) is 5.69 Å². The Morgan fingerprint density at radius 2 is 1.83 bits per heavy atom. The minimum Gasteiger partial charge on any atom is -0.341 e. The quantitative estimate of drug-likeness (QED) is 0.539. The maximum atomic E-state index is 12.8. The van der Waals surface area contributed by atoms with Crippen LogP contribution in [0.25, 0.3) is 21.8 Å². The van der Waals surface area contributed by atoms with Gasteiger partial charge in [-0.1, -0.05) is 18.2 Å². The summed E-state index contributed by atoms with van der Waals surface area (Å²) in [5, 5.41) is 4.98. The monoisotopic (exact) mass is 399 g/mol. The summed E-state index contributed by atoms with van der Waals surface area (Å²) in [7, 11) is 0. The summed E-state index contributed by atoms with van der Waals surface area (Å²) in [6, 6.07) is 15.3. The van der Waals surface area contributed by atoms with Gasteiger partial charge in [0.25, 0.3) is 11.5 Å². The van der Waals surface area contributed by atoms with E-state index in [9.17, 15) is 14.4 Å². The molecule has 4 aromatic rings. The molecule has 2 heterocycles. The number of nitrogens with zero attached hydrogens (tertiary/aromatic N) is 1. The van der Waals surface area contributed by atoms with Gasteiger partial charge in [-0.15, -0.1) is 0 Å². The zero-order valence-electron chi connectivity index (χ0n) is 16.6. The van der Waals surface area contributed by atoms with Crippen LogP contribution >= 0.6 is 0 Å². The normalized spacial score (nSPS) is 13.6. The van der Waals surface area contributed by atoms with E-state index in [0.29, 0.717) is 29.8 Å². The van der Waals surface area contributed by atoms with Crippen LogP contribution in [0.5, 0.6) is 0 Å². The summed E-state index contributed by atoms with van der Waals surface area (Å²) >= 11 is 0. The summed E-state index contributed by atoms with van der Waals surface area (Å²) in [5.41, 5.74) is 3.41. The number of Topliss-reactive ketones (excluding diaryl/α,β-unsaturated/α-hetero) is 1. The van der Waals surface area contributed by atoms with Crippen LogP contribution in [0.3, 0.4) is 0 Å². The van der Waals surface area contributed by atoms with Crippen LogP contribution in [0.1, 0.15) is 46.2 Å². The minimum absolute atomic E-state index is 0.0321. The summed E-state index contributed by atoms with van der Waals surface area (Å²) in [5.74, 6) is -0.550. The molecule has 0 aliphatic heterocycles. The lowest BCUT2D eigenvalue weighted by Crippen LogP contribution is -2.27. The van der Waals surface area contributed by atoms with Crippen molar-refractivity contribution >= 4 is 39.2 Å². The highest BCUT2D eigenvalue weighted by molar-refractivity contribution is 6.11. The maximum Gasteiger partial charge on any atom is 0.261 e. The molecule has 2 N–H and O–H groups in total. The fourth-order valence-corrected chi connectivity index (χ4v) is 4.41. The third-order valence-corrected chi connectivity index (χ3v) is 5.84. The summed E-state index contributed by atoms with van der Waals surface area (Å²) in [6.45, 7) is 2.94. The lowest BCUT2D eigenvalue weighted by molar-refractivity contribution is 0.0971. The van der Waals surface area contributed by atoms with Gasteiger partial charge < -0.3 is 14.9 Å². The Balaban J connectivity index is 1.54. The first-order valence-corrected chi connectivity index (χ1v) is 10.2. The van der Waals surface area contributed by atoms with E-state index in [0.717, 1.165) is 34.8 Å². The van der Waals surface area contributed by atoms with E-state index < -0.39 is 11.5 Å². The second kappa shape index (κ2) is 6.99. The van der Waals surface area contributed by atoms with Gasteiger partial charge in [0.1, 0.15) is 5.56 Å². The van der Waals surface area contributed by atoms with Crippen LogP contribution in [0, 0.1) is 0 Å². The van der Waals surface area contributed by atoms with Crippen molar-refractivity contribution in [2.24, 2.45) is 0 Å². The average Bonchev–Trinajstić information content (AvgIpc) is 3.06. The molecule has 5 rings (SSSR count). The number of aromatic amines is 1. The molecule has 0 saturated heterocycles. The molecular formula is C24H21N3O3. The number of anilines is 1. The number of amides is 1. The number of ketones is 1. The molecule has 30 heavy (non-hydrogen) atoms. The largest absolute Gasteiger partial charge is 0.341 e. The molecule has 0 bridgehead atoms. The van der Waals surface area contributed by atoms with Crippen molar-refractivity contribution in [2.75, 3.05) is 5.32 Å². The molecule has 2 aromatic carbocycles. The Labute approximate surface area is 172 Å². The molecule has 0 unspecified atom stereocenters. The maximum absolute atomic E-state index is 12.8. The molecule has 1 amide bonds. The molecule has 0 spiro atoms. The molecule has 6 nitrogen and oxygen atoms in total. The Morgan fingerprint density at radius 1 is 1.03 bits per heavy atom. The van der Waals surface area contributed by atoms with Gasteiger partial charge in [0.2, 0.25) is 0 Å². The van der Waals surface area contributed by atoms with Crippen LogP contribution in [-0.2, 0) is 13.0 Å². The lowest BCUT2D eigenvalue weighted by atomic mass is 9.93. The average molecular weight is 399 g/mol. The van der Waals surface area contributed by atoms with Crippen molar-refractivity contribution in [3.8, 4) is 0 Å². The van der Waals surface area contributed by atoms with Crippen molar-refractivity contribution < 1.29 is 9.59 Å². The fourth-order valence-electron chi connectivity index (χ4n) is 4.41. The zero-order valence-corrected chi connectivity index (χ0v) is 16.6. The van der Waals surface area contributed by atoms with Gasteiger partial charge in [-0.25, -0.2) is 0 Å². The van der Waals surface area contributed by atoms with Crippen molar-refractivity contribution in [1.29, 1.82) is 0 Å². The van der Waals surface area contributed by atoms with E-state index >= 15 is 0 Å². The Bertz CT molecular complexity index is 1390. The number of hydrogen-bond acceptors (Lipinski definition) is 3. The number of carbonyl (C=O) groups excluding carboxylic acids is 2. The number of hydrogen-bond donors (Lipinski definition) is 2. The Hall–Kier alpha value is -3.67. The zero-order chi connectivity index (χ0) is 20.8. The van der Waals surface area contributed by atoms with Gasteiger partial charge in [-0.3, -0.25) is 14.4 Å². The predicted octanol–water partition coefficient (Wildman–Crippen LogP) is 4.27. The topological polar surface area (TPSA) is 84.0 Å². The van der Waals surface area contributed by atoms with Crippen LogP contribution in [0.15, 0.2) is 53.3 Å². The van der Waals surface area contributed by atoms with E-state index in [-0.39, 0.29) is 11.3 Å². The summed E-state index contributed by atoms with van der Waals surface area (Å²) in [4.78, 5) is 40.2. The molecule has 150 valence electrons. The number of aromatic nitrogens is 2. The summed E-state index contributed by atoms with van der Waals surface area (Å²) in [6.07, 6.45) is 1.81. The number of H-pyrrole nitrogens is 1. The van der Waals surface area contributed by atoms with Crippen LogP contribution < -0.4 is 10.9 Å². The standard InChI is InChI=1S/C24H21N3O3/c1-2-27-20-8-4-3-6-15(20)16-12-14(10-11-21(16)27)25-23(29)18-13-17-19(26-24(18)30)7-5-9-22(17)28/h3-4,6,8,10-13H,2,5,7,9H2,1H3,(H,25,29)(H,26,30). The van der Waals surface area contributed by atoms with E-state index in [2.05, 4.69) is 33.9 Å². The van der Waals surface area contributed by atoms with E-state index in [1.165, 1.54) is 6.07 Å². The lowest BCUT2D eigenvalue weighted by Gasteiger charge is -2.15. The third-order valence-electron chi connectivity index (χ3n) is 5.84. The molecule has 2 aromatic heterocycles. The second-order valence-electron chi connectivity index (χ2n) is 7.63. The van der Waals surface area contributed by atoms with Gasteiger partial charge in [-0.05, 0) is 50.1 Å². The van der Waals surface area contributed by atoms with E-state index in [1.807, 2.05) is 30.3 Å². The molecule has 0 saturated carbocycles. The SMILES string of the molecule is CCn1c2ccccc2c2cc(NC(=O)c3cc4c([nH]c3=O)CCCC4=O)ccc21. The molecule has 0 atom stereocenters. The minimum atomic E-state index is -0.518. The number of rotatable bonds is 3. The number of pyridine rings is 1. The number of para-hydroxylation sites is 1. The third kappa shape index (κ3) is 2.84. The number of nitrogens with one attached hydrogen (secondary N) is 2. The highest BCUT2D eigenvalue weighted by Crippen LogP contribution is 2.31. The molecule has 0 fully saturated rings. The molecular weight excluding hydrogens is 378 g/mol. The highest BCUT2D eigenvalue weighted by atomic mass is 16.2. The van der Waals surface area contributed by atoms with Gasteiger partial charge >= 0.3 is 0 Å². The first-order valence-electron chi connectivity index (χ1n) is 10.2. The van der Waals surface area contributed by atoms with E-state index in [1.54, 1.807) is 0 Å². The second-order valence-corrected chi connectivity index (χ2v) is 7.63. The molecule has 1 aliphatic carbocycles. The Morgan fingerprint density at radius 3 is 2.67 bits per heavy atom.